The number of halogens is 1. The molecule has 0 unspecified atom stereocenters. The van der Waals surface area contributed by atoms with Crippen molar-refractivity contribution in [2.45, 2.75) is 32.8 Å². The van der Waals surface area contributed by atoms with Gasteiger partial charge in [-0.1, -0.05) is 26.8 Å². The number of carbonyl (C=O) groups is 1. The van der Waals surface area contributed by atoms with Crippen LogP contribution in [-0.2, 0) is 12.0 Å². The monoisotopic (exact) mass is 293 g/mol. The summed E-state index contributed by atoms with van der Waals surface area (Å²) in [5.41, 5.74) is -0.684. The number of carboxylic acids is 1. The molecule has 5 nitrogen and oxygen atoms in total. The molecule has 0 saturated heterocycles. The largest absolute Gasteiger partial charge is 0.483 e. The summed E-state index contributed by atoms with van der Waals surface area (Å²) in [7, 11) is 0. The van der Waals surface area contributed by atoms with E-state index in [-0.39, 0.29) is 17.8 Å². The maximum atomic E-state index is 13.5. The van der Waals surface area contributed by atoms with E-state index in [4.69, 9.17) is 14.3 Å². The van der Waals surface area contributed by atoms with Gasteiger partial charge in [-0.2, -0.15) is 0 Å². The summed E-state index contributed by atoms with van der Waals surface area (Å²) in [6.45, 7) is 5.87. The minimum atomic E-state index is -1.38. The summed E-state index contributed by atoms with van der Waals surface area (Å²) < 4.78 is 24.3. The van der Waals surface area contributed by atoms with E-state index < -0.39 is 17.3 Å². The van der Waals surface area contributed by atoms with Gasteiger partial charge in [-0.25, -0.2) is 14.2 Å². The van der Waals surface area contributed by atoms with Crippen molar-refractivity contribution in [1.29, 1.82) is 0 Å². The quantitative estimate of drug-likeness (QED) is 0.935. The molecule has 1 N–H and O–H groups in total. The smallest absolute Gasteiger partial charge is 0.342 e. The van der Waals surface area contributed by atoms with E-state index in [1.165, 1.54) is 12.1 Å². The lowest BCUT2D eigenvalue weighted by Gasteiger charge is -2.13. The normalized spacial score (nSPS) is 11.4. The van der Waals surface area contributed by atoms with Crippen LogP contribution in [0.3, 0.4) is 0 Å². The summed E-state index contributed by atoms with van der Waals surface area (Å²) in [6.07, 6.45) is 1.60. The number of oxazole rings is 1. The average Bonchev–Trinajstić information content (AvgIpc) is 2.84. The maximum absolute atomic E-state index is 13.5. The number of ether oxygens (including phenoxy) is 1. The topological polar surface area (TPSA) is 72.6 Å². The van der Waals surface area contributed by atoms with Crippen molar-refractivity contribution in [1.82, 2.24) is 4.98 Å². The number of hydrogen-bond acceptors (Lipinski definition) is 4. The third kappa shape index (κ3) is 3.39. The Morgan fingerprint density at radius 2 is 2.14 bits per heavy atom. The molecule has 0 saturated carbocycles. The van der Waals surface area contributed by atoms with E-state index in [9.17, 15) is 9.18 Å². The van der Waals surface area contributed by atoms with Crippen LogP contribution in [0, 0.1) is 5.82 Å². The summed E-state index contributed by atoms with van der Waals surface area (Å²) >= 11 is 0. The van der Waals surface area contributed by atoms with E-state index >= 15 is 0 Å². The van der Waals surface area contributed by atoms with Crippen molar-refractivity contribution in [2.75, 3.05) is 0 Å². The summed E-state index contributed by atoms with van der Waals surface area (Å²) in [5, 5.41) is 9.00. The van der Waals surface area contributed by atoms with Gasteiger partial charge in [0.05, 0.1) is 6.20 Å². The summed E-state index contributed by atoms with van der Waals surface area (Å²) in [5.74, 6) is -1.29. The van der Waals surface area contributed by atoms with E-state index in [2.05, 4.69) is 4.98 Å². The molecule has 2 rings (SSSR count). The number of aromatic carboxylic acids is 1. The fourth-order valence-corrected chi connectivity index (χ4v) is 1.70. The molecular formula is C15H16FNO4. The lowest BCUT2D eigenvalue weighted by Crippen LogP contribution is -2.09. The highest BCUT2D eigenvalue weighted by Gasteiger charge is 2.20. The summed E-state index contributed by atoms with van der Waals surface area (Å²) in [4.78, 5) is 15.1. The lowest BCUT2D eigenvalue weighted by molar-refractivity contribution is 0.0685. The molecular weight excluding hydrogens is 277 g/mol. The highest BCUT2D eigenvalue weighted by Crippen LogP contribution is 2.25. The van der Waals surface area contributed by atoms with Crippen molar-refractivity contribution in [3.8, 4) is 5.75 Å². The van der Waals surface area contributed by atoms with Crippen LogP contribution in [0.2, 0.25) is 0 Å². The van der Waals surface area contributed by atoms with Crippen LogP contribution < -0.4 is 4.74 Å². The molecule has 0 amide bonds. The zero-order valence-corrected chi connectivity index (χ0v) is 12.0. The van der Waals surface area contributed by atoms with Gasteiger partial charge in [0.25, 0.3) is 0 Å². The molecule has 0 aliphatic rings. The van der Waals surface area contributed by atoms with Gasteiger partial charge < -0.3 is 14.3 Å². The zero-order valence-electron chi connectivity index (χ0n) is 12.0. The van der Waals surface area contributed by atoms with Crippen molar-refractivity contribution in [3.63, 3.8) is 0 Å². The van der Waals surface area contributed by atoms with Crippen molar-refractivity contribution < 1.29 is 23.4 Å². The molecule has 0 aliphatic heterocycles. The number of hydrogen-bond donors (Lipinski definition) is 1. The Kier molecular flexibility index (Phi) is 3.97. The minimum Gasteiger partial charge on any atom is -0.483 e. The van der Waals surface area contributed by atoms with Gasteiger partial charge >= 0.3 is 5.97 Å². The van der Waals surface area contributed by atoms with Gasteiger partial charge in [0, 0.05) is 5.41 Å². The first kappa shape index (κ1) is 15.0. The van der Waals surface area contributed by atoms with Crippen LogP contribution in [0.1, 0.15) is 42.8 Å². The third-order valence-corrected chi connectivity index (χ3v) is 2.83. The third-order valence-electron chi connectivity index (χ3n) is 2.83. The predicted molar refractivity (Wildman–Crippen MR) is 72.9 cm³/mol. The van der Waals surface area contributed by atoms with Crippen LogP contribution in [0.4, 0.5) is 4.39 Å². The van der Waals surface area contributed by atoms with Crippen molar-refractivity contribution in [3.05, 3.63) is 47.4 Å². The number of rotatable bonds is 4. The van der Waals surface area contributed by atoms with Crippen LogP contribution >= 0.6 is 0 Å². The maximum Gasteiger partial charge on any atom is 0.342 e. The Labute approximate surface area is 121 Å². The first-order valence-corrected chi connectivity index (χ1v) is 6.39. The molecule has 21 heavy (non-hydrogen) atoms. The lowest BCUT2D eigenvalue weighted by atomic mass is 9.94. The van der Waals surface area contributed by atoms with Gasteiger partial charge in [-0.05, 0) is 12.1 Å². The molecule has 0 bridgehead atoms. The molecule has 1 heterocycles. The Morgan fingerprint density at radius 3 is 2.71 bits per heavy atom. The fraction of sp³-hybridized carbons (Fsp3) is 0.333. The highest BCUT2D eigenvalue weighted by molar-refractivity contribution is 5.91. The SMILES string of the molecule is CC(C)(C)c1cnc(COc2cccc(F)c2C(=O)O)o1. The molecule has 6 heteroatoms. The van der Waals surface area contributed by atoms with E-state index in [0.717, 1.165) is 6.07 Å². The second-order valence-electron chi connectivity index (χ2n) is 5.58. The molecule has 0 radical (unpaired) electrons. The molecule has 1 aromatic heterocycles. The molecule has 1 aromatic carbocycles. The first-order chi connectivity index (χ1) is 9.79. The number of carboxylic acid groups (broad SMARTS) is 1. The molecule has 0 fully saturated rings. The van der Waals surface area contributed by atoms with Crippen LogP contribution in [0.25, 0.3) is 0 Å². The molecule has 112 valence electrons. The Hall–Kier alpha value is -2.37. The Balaban J connectivity index is 2.16. The molecule has 0 spiro atoms. The molecule has 0 atom stereocenters. The van der Waals surface area contributed by atoms with Crippen LogP contribution in [0.5, 0.6) is 5.75 Å². The second kappa shape index (κ2) is 5.55. The van der Waals surface area contributed by atoms with Gasteiger partial charge in [0.1, 0.15) is 22.9 Å². The first-order valence-electron chi connectivity index (χ1n) is 6.39. The van der Waals surface area contributed by atoms with E-state index in [1.54, 1.807) is 6.20 Å². The van der Waals surface area contributed by atoms with Crippen molar-refractivity contribution in [2.24, 2.45) is 0 Å². The predicted octanol–water partition coefficient (Wildman–Crippen LogP) is 3.39. The highest BCUT2D eigenvalue weighted by atomic mass is 19.1. The van der Waals surface area contributed by atoms with Gasteiger partial charge in [0.15, 0.2) is 6.61 Å². The molecule has 2 aromatic rings. The Bertz CT molecular complexity index is 658. The average molecular weight is 293 g/mol. The molecule has 0 aliphatic carbocycles. The van der Waals surface area contributed by atoms with Gasteiger partial charge in [-0.15, -0.1) is 0 Å². The number of nitrogens with zero attached hydrogens (tertiary/aromatic N) is 1. The van der Waals surface area contributed by atoms with Gasteiger partial charge in [0.2, 0.25) is 5.89 Å². The number of aromatic nitrogens is 1. The number of benzene rings is 1. The standard InChI is InChI=1S/C15H16FNO4/c1-15(2,3)11-7-17-12(21-11)8-20-10-6-4-5-9(16)13(10)14(18)19/h4-7H,8H2,1-3H3,(H,18,19). The summed E-state index contributed by atoms with van der Waals surface area (Å²) in [6, 6.07) is 3.84. The Morgan fingerprint density at radius 1 is 1.43 bits per heavy atom. The van der Waals surface area contributed by atoms with Crippen LogP contribution in [-0.4, -0.2) is 16.1 Å². The van der Waals surface area contributed by atoms with Gasteiger partial charge in [-0.3, -0.25) is 0 Å². The zero-order chi connectivity index (χ0) is 15.6. The fourth-order valence-electron chi connectivity index (χ4n) is 1.70. The minimum absolute atomic E-state index is 0.0574. The van der Waals surface area contributed by atoms with E-state index in [0.29, 0.717) is 11.7 Å². The van der Waals surface area contributed by atoms with E-state index in [1.807, 2.05) is 20.8 Å². The second-order valence-corrected chi connectivity index (χ2v) is 5.58. The van der Waals surface area contributed by atoms with Crippen molar-refractivity contribution >= 4 is 5.97 Å². The van der Waals surface area contributed by atoms with Crippen LogP contribution in [0.15, 0.2) is 28.8 Å².